The quantitative estimate of drug-likeness (QED) is 0.0792. The number of Topliss-reactive ketones (excluding diaryl/α,β-unsaturated/α-hetero) is 1. The van der Waals surface area contributed by atoms with Crippen molar-refractivity contribution in [3.05, 3.63) is 166 Å². The van der Waals surface area contributed by atoms with Crippen LogP contribution in [0.5, 0.6) is 5.75 Å². The Morgan fingerprint density at radius 1 is 0.727 bits per heavy atom. The molecule has 7 rings (SSSR count). The summed E-state index contributed by atoms with van der Waals surface area (Å²) in [5.41, 5.74) is 3.64. The summed E-state index contributed by atoms with van der Waals surface area (Å²) in [5.74, 6) is 0.203. The third-order valence-corrected chi connectivity index (χ3v) is 12.7. The Morgan fingerprint density at radius 3 is 2.00 bits per heavy atom. The highest BCUT2D eigenvalue weighted by Gasteiger charge is 2.43. The lowest BCUT2D eigenvalue weighted by atomic mass is 9.76. The minimum absolute atomic E-state index is 0.00753. The summed E-state index contributed by atoms with van der Waals surface area (Å²) < 4.78 is 7.60. The van der Waals surface area contributed by atoms with Gasteiger partial charge in [0.2, 0.25) is 5.91 Å². The first-order chi connectivity index (χ1) is 32.2. The molecular formula is C56H64N4O6. The summed E-state index contributed by atoms with van der Waals surface area (Å²) in [6, 6.07) is 19.4. The summed E-state index contributed by atoms with van der Waals surface area (Å²) >= 11 is 0. The fourth-order valence-electron chi connectivity index (χ4n) is 8.87. The zero-order chi connectivity index (χ0) is 46.3. The van der Waals surface area contributed by atoms with Gasteiger partial charge in [0.15, 0.2) is 5.78 Å². The lowest BCUT2D eigenvalue weighted by Crippen LogP contribution is -2.49. The maximum absolute atomic E-state index is 13.6. The summed E-state index contributed by atoms with van der Waals surface area (Å²) in [4.78, 5) is 56.2. The van der Waals surface area contributed by atoms with Gasteiger partial charge >= 0.3 is 6.09 Å². The van der Waals surface area contributed by atoms with Crippen LogP contribution in [-0.4, -0.2) is 63.4 Å². The highest BCUT2D eigenvalue weighted by atomic mass is 16.6. The van der Waals surface area contributed by atoms with E-state index in [-0.39, 0.29) is 30.1 Å². The van der Waals surface area contributed by atoms with Gasteiger partial charge < -0.3 is 24.6 Å². The average Bonchev–Trinajstić information content (AvgIpc) is 3.68. The second-order valence-electron chi connectivity index (χ2n) is 17.3. The molecule has 2 aliphatic heterocycles. The number of carbonyl (C=O) groups is 3. The standard InChI is InChI=1S/C56H64N4O6/c1-3-5-6-7-8-9-10-11-12-13-14-15-16-17-18-19-20-21-22-23-53(62)57-46-27-24-42(25-28-46)40-58-32-34-59(35-33-58)55(64)66-47-29-26-43-38-49-45(36-44(43)37-47)41-60-51(49)39-50-48(54(60)63)30-31-52(61)56(50,65)4-2/h5-6,8-9,11-12,14-15,17-18,20-21,24-29,36-39,65H,3-4,7,10,13,16,19,22-23,30-35,40-41H2,1-2H3,(H,57,62). The number of ketones is 1. The first kappa shape index (κ1) is 47.6. The number of nitrogens with one attached hydrogen (secondary N) is 1. The van der Waals surface area contributed by atoms with E-state index in [2.05, 4.69) is 90.1 Å². The van der Waals surface area contributed by atoms with Crippen LogP contribution in [0.25, 0.3) is 22.0 Å². The first-order valence-corrected chi connectivity index (χ1v) is 23.7. The Hall–Kier alpha value is -6.36. The number of aromatic nitrogens is 1. The van der Waals surface area contributed by atoms with E-state index in [0.717, 1.165) is 78.2 Å². The van der Waals surface area contributed by atoms with Gasteiger partial charge in [-0.1, -0.05) is 105 Å². The van der Waals surface area contributed by atoms with Gasteiger partial charge in [-0.2, -0.15) is 0 Å². The molecule has 2 N–H and O–H groups in total. The Labute approximate surface area is 389 Å². The fraction of sp³-hybridized carbons (Fsp3) is 0.357. The monoisotopic (exact) mass is 888 g/mol. The number of aliphatic hydroxyl groups is 1. The van der Waals surface area contributed by atoms with Crippen LogP contribution in [0, 0.1) is 0 Å². The number of hydrogen-bond acceptors (Lipinski definition) is 7. The zero-order valence-electron chi connectivity index (χ0n) is 38.6. The lowest BCUT2D eigenvalue weighted by molar-refractivity contribution is -0.140. The molecule has 1 aliphatic carbocycles. The third kappa shape index (κ3) is 12.1. The molecule has 1 fully saturated rings. The number of benzene rings is 3. The molecule has 1 unspecified atom stereocenters. The first-order valence-electron chi connectivity index (χ1n) is 23.7. The molecule has 1 saturated heterocycles. The van der Waals surface area contributed by atoms with Gasteiger partial charge in [0, 0.05) is 67.9 Å². The van der Waals surface area contributed by atoms with Gasteiger partial charge in [-0.25, -0.2) is 4.79 Å². The van der Waals surface area contributed by atoms with Crippen LogP contribution in [0.3, 0.4) is 0 Å². The second kappa shape index (κ2) is 23.2. The maximum Gasteiger partial charge on any atom is 0.415 e. The van der Waals surface area contributed by atoms with E-state index in [1.54, 1.807) is 22.5 Å². The van der Waals surface area contributed by atoms with Crippen molar-refractivity contribution in [2.45, 2.75) is 103 Å². The van der Waals surface area contributed by atoms with Crippen molar-refractivity contribution in [1.82, 2.24) is 14.4 Å². The van der Waals surface area contributed by atoms with E-state index in [9.17, 15) is 24.3 Å². The summed E-state index contributed by atoms with van der Waals surface area (Å²) in [6.07, 6.45) is 33.3. The number of pyridine rings is 1. The molecule has 344 valence electrons. The second-order valence-corrected chi connectivity index (χ2v) is 17.3. The molecule has 3 aromatic carbocycles. The van der Waals surface area contributed by atoms with Crippen LogP contribution in [0.15, 0.2) is 138 Å². The molecule has 1 atom stereocenters. The molecular weight excluding hydrogens is 825 g/mol. The average molecular weight is 889 g/mol. The van der Waals surface area contributed by atoms with Crippen LogP contribution >= 0.6 is 0 Å². The minimum Gasteiger partial charge on any atom is -0.410 e. The van der Waals surface area contributed by atoms with Gasteiger partial charge in [-0.3, -0.25) is 19.3 Å². The predicted octanol–water partition coefficient (Wildman–Crippen LogP) is 10.9. The number of ether oxygens (including phenoxy) is 1. The Morgan fingerprint density at radius 2 is 1.36 bits per heavy atom. The fourth-order valence-corrected chi connectivity index (χ4v) is 8.87. The molecule has 3 heterocycles. The van der Waals surface area contributed by atoms with Crippen molar-refractivity contribution < 1.29 is 24.2 Å². The minimum atomic E-state index is -1.64. The third-order valence-electron chi connectivity index (χ3n) is 12.7. The summed E-state index contributed by atoms with van der Waals surface area (Å²) in [7, 11) is 0. The van der Waals surface area contributed by atoms with Gasteiger partial charge in [0.25, 0.3) is 5.56 Å². The van der Waals surface area contributed by atoms with Crippen LogP contribution < -0.4 is 15.6 Å². The molecule has 0 spiro atoms. The highest BCUT2D eigenvalue weighted by Crippen LogP contribution is 2.40. The molecule has 10 heteroatoms. The Bertz CT molecular complexity index is 2610. The number of fused-ring (bicyclic) bond motifs is 5. The van der Waals surface area contributed by atoms with Crippen molar-refractivity contribution >= 4 is 34.2 Å². The zero-order valence-corrected chi connectivity index (χ0v) is 38.6. The van der Waals surface area contributed by atoms with E-state index in [4.69, 9.17) is 4.74 Å². The van der Waals surface area contributed by atoms with E-state index in [0.29, 0.717) is 74.6 Å². The number of allylic oxidation sites excluding steroid dienone is 12. The smallest absolute Gasteiger partial charge is 0.410 e. The predicted molar refractivity (Wildman–Crippen MR) is 266 cm³/mol. The molecule has 4 aromatic rings. The van der Waals surface area contributed by atoms with Crippen molar-refractivity contribution in [3.8, 4) is 17.0 Å². The number of amides is 2. The van der Waals surface area contributed by atoms with Crippen molar-refractivity contribution in [2.24, 2.45) is 0 Å². The van der Waals surface area contributed by atoms with E-state index < -0.39 is 11.7 Å². The normalized spacial score (nSPS) is 17.6. The number of hydrogen-bond donors (Lipinski definition) is 2. The molecule has 3 aliphatic rings. The van der Waals surface area contributed by atoms with Crippen molar-refractivity contribution in [1.29, 1.82) is 0 Å². The Balaban J connectivity index is 0.789. The number of rotatable bonds is 19. The van der Waals surface area contributed by atoms with E-state index in [1.807, 2.05) is 54.6 Å². The molecule has 0 radical (unpaired) electrons. The summed E-state index contributed by atoms with van der Waals surface area (Å²) in [6.45, 7) is 7.55. The number of nitrogens with zero attached hydrogens (tertiary/aromatic N) is 3. The highest BCUT2D eigenvalue weighted by molar-refractivity contribution is 5.93. The number of piperazine rings is 1. The SMILES string of the molecule is CCC=CCC=CCC=CCC=CCC=CCC=CCCC(=O)Nc1ccc(CN2CCN(C(=O)Oc3ccc4cc5c(cc4c3)Cn3c-5cc4c(c3=O)CCC(=O)C4(O)CC)CC2)cc1. The number of anilines is 1. The molecule has 0 bridgehead atoms. The van der Waals surface area contributed by atoms with Gasteiger partial charge in [-0.15, -0.1) is 0 Å². The topological polar surface area (TPSA) is 121 Å². The van der Waals surface area contributed by atoms with Crippen LogP contribution in [0.2, 0.25) is 0 Å². The molecule has 0 saturated carbocycles. The molecule has 66 heavy (non-hydrogen) atoms. The van der Waals surface area contributed by atoms with Gasteiger partial charge in [0.1, 0.15) is 11.4 Å². The van der Waals surface area contributed by atoms with Crippen LogP contribution in [-0.2, 0) is 34.7 Å². The largest absolute Gasteiger partial charge is 0.415 e. The van der Waals surface area contributed by atoms with E-state index >= 15 is 0 Å². The van der Waals surface area contributed by atoms with E-state index in [1.165, 1.54) is 0 Å². The van der Waals surface area contributed by atoms with Crippen LogP contribution in [0.1, 0.15) is 100 Å². The lowest BCUT2D eigenvalue weighted by Gasteiger charge is -2.34. The number of carbonyl (C=O) groups excluding carboxylic acids is 3. The van der Waals surface area contributed by atoms with Gasteiger partial charge in [0.05, 0.1) is 12.2 Å². The molecule has 1 aromatic heterocycles. The van der Waals surface area contributed by atoms with Gasteiger partial charge in [-0.05, 0) is 122 Å². The van der Waals surface area contributed by atoms with Crippen LogP contribution in [0.4, 0.5) is 10.5 Å². The maximum atomic E-state index is 13.6. The molecule has 10 nitrogen and oxygen atoms in total. The van der Waals surface area contributed by atoms with Crippen molar-refractivity contribution in [2.75, 3.05) is 31.5 Å². The van der Waals surface area contributed by atoms with Crippen molar-refractivity contribution in [3.63, 3.8) is 0 Å². The molecule has 2 amide bonds. The Kier molecular flexibility index (Phi) is 16.7. The summed E-state index contributed by atoms with van der Waals surface area (Å²) in [5, 5.41) is 16.1.